The third kappa shape index (κ3) is 2.91. The van der Waals surface area contributed by atoms with Crippen LogP contribution < -0.4 is 5.73 Å². The highest BCUT2D eigenvalue weighted by molar-refractivity contribution is 7.81. The lowest BCUT2D eigenvalue weighted by Gasteiger charge is -2.17. The SMILES string of the molecule is COC(C)(S)CN. The van der Waals surface area contributed by atoms with E-state index in [2.05, 4.69) is 12.6 Å². The van der Waals surface area contributed by atoms with Crippen LogP contribution >= 0.6 is 12.6 Å². The maximum atomic E-state index is 5.22. The number of hydrogen-bond acceptors (Lipinski definition) is 3. The first-order chi connectivity index (χ1) is 3.12. The molecule has 0 bridgehead atoms. The van der Waals surface area contributed by atoms with Crippen LogP contribution in [0.2, 0.25) is 0 Å². The summed E-state index contributed by atoms with van der Waals surface area (Å²) in [6.07, 6.45) is 0. The van der Waals surface area contributed by atoms with Gasteiger partial charge in [-0.05, 0) is 6.92 Å². The van der Waals surface area contributed by atoms with Gasteiger partial charge in [-0.25, -0.2) is 0 Å². The molecule has 0 fully saturated rings. The molecule has 0 aromatic heterocycles. The van der Waals surface area contributed by atoms with Crippen LogP contribution in [0.4, 0.5) is 0 Å². The van der Waals surface area contributed by atoms with E-state index in [0.29, 0.717) is 6.54 Å². The smallest absolute Gasteiger partial charge is 0.119 e. The molecular formula is C4H11NOS. The second kappa shape index (κ2) is 2.55. The zero-order valence-electron chi connectivity index (χ0n) is 4.64. The van der Waals surface area contributed by atoms with Gasteiger partial charge in [0, 0.05) is 13.7 Å². The molecule has 0 aliphatic rings. The molecule has 0 spiro atoms. The number of rotatable bonds is 2. The Hall–Kier alpha value is 0.270. The number of thiol groups is 1. The van der Waals surface area contributed by atoms with Crippen molar-refractivity contribution in [2.75, 3.05) is 13.7 Å². The Morgan fingerprint density at radius 3 is 2.29 bits per heavy atom. The lowest BCUT2D eigenvalue weighted by Crippen LogP contribution is -2.29. The fourth-order valence-corrected chi connectivity index (χ4v) is 0.0833. The van der Waals surface area contributed by atoms with Crippen LogP contribution in [0, 0.1) is 0 Å². The van der Waals surface area contributed by atoms with E-state index in [1.807, 2.05) is 6.92 Å². The molecule has 1 atom stereocenters. The molecule has 0 rings (SSSR count). The van der Waals surface area contributed by atoms with E-state index in [-0.39, 0.29) is 0 Å². The summed E-state index contributed by atoms with van der Waals surface area (Å²) in [7, 11) is 1.58. The van der Waals surface area contributed by atoms with Gasteiger partial charge in [-0.3, -0.25) is 0 Å². The van der Waals surface area contributed by atoms with Crippen LogP contribution in [0.1, 0.15) is 6.92 Å². The average molecular weight is 121 g/mol. The number of hydrogen-bond donors (Lipinski definition) is 2. The van der Waals surface area contributed by atoms with Gasteiger partial charge >= 0.3 is 0 Å². The summed E-state index contributed by atoms with van der Waals surface area (Å²) in [6, 6.07) is 0. The summed E-state index contributed by atoms with van der Waals surface area (Å²) < 4.78 is 4.83. The monoisotopic (exact) mass is 121 g/mol. The zero-order chi connectivity index (χ0) is 5.91. The van der Waals surface area contributed by atoms with Gasteiger partial charge in [0.2, 0.25) is 0 Å². The molecule has 0 saturated heterocycles. The molecule has 3 heteroatoms. The van der Waals surface area contributed by atoms with Crippen LogP contribution in [-0.2, 0) is 4.74 Å². The fraction of sp³-hybridized carbons (Fsp3) is 1.00. The van der Waals surface area contributed by atoms with Crippen LogP contribution in [0.5, 0.6) is 0 Å². The van der Waals surface area contributed by atoms with Gasteiger partial charge in [-0.2, -0.15) is 0 Å². The van der Waals surface area contributed by atoms with Crippen molar-refractivity contribution in [3.8, 4) is 0 Å². The van der Waals surface area contributed by atoms with Crippen LogP contribution in [-0.4, -0.2) is 18.6 Å². The summed E-state index contributed by atoms with van der Waals surface area (Å²) in [6.45, 7) is 2.25. The molecule has 0 radical (unpaired) electrons. The topological polar surface area (TPSA) is 35.2 Å². The maximum Gasteiger partial charge on any atom is 0.119 e. The highest BCUT2D eigenvalue weighted by Gasteiger charge is 2.12. The standard InChI is InChI=1S/C4H11NOS/c1-4(7,3-5)6-2/h7H,3,5H2,1-2H3. The Bertz CT molecular complexity index is 49.7. The van der Waals surface area contributed by atoms with Gasteiger partial charge in [0.05, 0.1) is 0 Å². The molecule has 0 heterocycles. The van der Waals surface area contributed by atoms with Crippen molar-refractivity contribution in [1.29, 1.82) is 0 Å². The largest absolute Gasteiger partial charge is 0.367 e. The van der Waals surface area contributed by atoms with E-state index < -0.39 is 4.93 Å². The van der Waals surface area contributed by atoms with E-state index in [1.54, 1.807) is 7.11 Å². The molecule has 0 aliphatic heterocycles. The highest BCUT2D eigenvalue weighted by Crippen LogP contribution is 2.09. The summed E-state index contributed by atoms with van der Waals surface area (Å²) in [5, 5.41) is 0. The first-order valence-corrected chi connectivity index (χ1v) is 2.54. The third-order valence-corrected chi connectivity index (χ3v) is 1.18. The minimum atomic E-state index is -0.444. The van der Waals surface area contributed by atoms with E-state index in [0.717, 1.165) is 0 Å². The molecule has 7 heavy (non-hydrogen) atoms. The Morgan fingerprint density at radius 2 is 2.29 bits per heavy atom. The molecular weight excluding hydrogens is 110 g/mol. The third-order valence-electron chi connectivity index (χ3n) is 0.818. The van der Waals surface area contributed by atoms with Crippen LogP contribution in [0.25, 0.3) is 0 Å². The van der Waals surface area contributed by atoms with Gasteiger partial charge < -0.3 is 10.5 Å². The average Bonchev–Trinajstić information content (AvgIpc) is 1.68. The molecule has 0 aromatic rings. The van der Waals surface area contributed by atoms with Gasteiger partial charge in [0.15, 0.2) is 0 Å². The highest BCUT2D eigenvalue weighted by atomic mass is 32.1. The van der Waals surface area contributed by atoms with Crippen molar-refractivity contribution in [2.45, 2.75) is 11.9 Å². The minimum absolute atomic E-state index is 0.437. The number of methoxy groups -OCH3 is 1. The number of ether oxygens (including phenoxy) is 1. The van der Waals surface area contributed by atoms with Crippen molar-refractivity contribution < 1.29 is 4.74 Å². The molecule has 2 nitrogen and oxygen atoms in total. The van der Waals surface area contributed by atoms with E-state index >= 15 is 0 Å². The molecule has 0 aliphatic carbocycles. The van der Waals surface area contributed by atoms with Crippen molar-refractivity contribution in [2.24, 2.45) is 5.73 Å². The second-order valence-electron chi connectivity index (χ2n) is 1.58. The molecule has 0 amide bonds. The molecule has 2 N–H and O–H groups in total. The van der Waals surface area contributed by atoms with Crippen molar-refractivity contribution in [3.05, 3.63) is 0 Å². The summed E-state index contributed by atoms with van der Waals surface area (Å²) in [4.78, 5) is -0.444. The Morgan fingerprint density at radius 1 is 1.86 bits per heavy atom. The predicted molar refractivity (Wildman–Crippen MR) is 33.5 cm³/mol. The minimum Gasteiger partial charge on any atom is -0.367 e. The normalized spacial score (nSPS) is 18.9. The van der Waals surface area contributed by atoms with Crippen LogP contribution in [0.15, 0.2) is 0 Å². The second-order valence-corrected chi connectivity index (χ2v) is 2.53. The van der Waals surface area contributed by atoms with Crippen molar-refractivity contribution >= 4 is 12.6 Å². The number of nitrogens with two attached hydrogens (primary N) is 1. The Labute approximate surface area is 49.4 Å². The van der Waals surface area contributed by atoms with E-state index in [1.165, 1.54) is 0 Å². The molecule has 0 saturated carbocycles. The fourth-order valence-electron chi connectivity index (χ4n) is 0.0833. The van der Waals surface area contributed by atoms with Gasteiger partial charge in [0.1, 0.15) is 4.93 Å². The Kier molecular flexibility index (Phi) is 2.64. The predicted octanol–water partition coefficient (Wildman–Crippen LogP) is 0.238. The molecule has 44 valence electrons. The summed E-state index contributed by atoms with van der Waals surface area (Å²) in [5.41, 5.74) is 5.22. The lowest BCUT2D eigenvalue weighted by atomic mass is 10.4. The lowest BCUT2D eigenvalue weighted by molar-refractivity contribution is 0.0964. The van der Waals surface area contributed by atoms with E-state index in [9.17, 15) is 0 Å². The van der Waals surface area contributed by atoms with Crippen LogP contribution in [0.3, 0.4) is 0 Å². The summed E-state index contributed by atoms with van der Waals surface area (Å²) >= 11 is 4.04. The zero-order valence-corrected chi connectivity index (χ0v) is 5.53. The van der Waals surface area contributed by atoms with Crippen molar-refractivity contribution in [1.82, 2.24) is 0 Å². The van der Waals surface area contributed by atoms with Gasteiger partial charge in [0.25, 0.3) is 0 Å². The Balaban J connectivity index is 3.36. The first-order valence-electron chi connectivity index (χ1n) is 2.10. The molecule has 0 aromatic carbocycles. The maximum absolute atomic E-state index is 5.22. The van der Waals surface area contributed by atoms with Gasteiger partial charge in [-0.15, -0.1) is 12.6 Å². The van der Waals surface area contributed by atoms with E-state index in [4.69, 9.17) is 10.5 Å². The first kappa shape index (κ1) is 7.27. The quantitative estimate of drug-likeness (QED) is 0.405. The van der Waals surface area contributed by atoms with Gasteiger partial charge in [-0.1, -0.05) is 0 Å². The summed E-state index contributed by atoms with van der Waals surface area (Å²) in [5.74, 6) is 0. The molecule has 1 unspecified atom stereocenters. The van der Waals surface area contributed by atoms with Crippen molar-refractivity contribution in [3.63, 3.8) is 0 Å².